The van der Waals surface area contributed by atoms with E-state index in [0.29, 0.717) is 0 Å². The van der Waals surface area contributed by atoms with Crippen LogP contribution < -0.4 is 14.8 Å². The summed E-state index contributed by atoms with van der Waals surface area (Å²) in [6, 6.07) is 6.10. The van der Waals surface area contributed by atoms with Gasteiger partial charge in [0.25, 0.3) is 0 Å². The Kier molecular flexibility index (Phi) is 3.27. The molecule has 1 aromatic heterocycles. The van der Waals surface area contributed by atoms with E-state index >= 15 is 0 Å². The highest BCUT2D eigenvalue weighted by Gasteiger charge is 2.31. The molecule has 1 aliphatic heterocycles. The topological polar surface area (TPSA) is 48.3 Å². The molecule has 0 saturated carbocycles. The Bertz CT molecular complexity index is 649. The van der Waals surface area contributed by atoms with Crippen molar-refractivity contribution in [1.82, 2.24) is 9.78 Å². The molecule has 112 valence electrons. The number of rotatable bonds is 4. The highest BCUT2D eigenvalue weighted by atomic mass is 16.7. The lowest BCUT2D eigenvalue weighted by Crippen LogP contribution is -2.29. The van der Waals surface area contributed by atoms with Crippen molar-refractivity contribution in [1.29, 1.82) is 0 Å². The number of aryl methyl sites for hydroxylation is 1. The molecule has 3 rings (SSSR count). The Balaban J connectivity index is 1.74. The summed E-state index contributed by atoms with van der Waals surface area (Å²) in [4.78, 5) is 0. The van der Waals surface area contributed by atoms with Gasteiger partial charge in [0.1, 0.15) is 0 Å². The summed E-state index contributed by atoms with van der Waals surface area (Å²) in [5.41, 5.74) is 2.17. The van der Waals surface area contributed by atoms with Crippen LogP contribution in [0, 0.1) is 0 Å². The van der Waals surface area contributed by atoms with Gasteiger partial charge >= 0.3 is 0 Å². The molecule has 5 nitrogen and oxygen atoms in total. The van der Waals surface area contributed by atoms with Crippen LogP contribution in [-0.2, 0) is 6.54 Å². The number of anilines is 1. The molecule has 5 heteroatoms. The molecule has 0 radical (unpaired) electrons. The molecule has 2 heterocycles. The van der Waals surface area contributed by atoms with Crippen molar-refractivity contribution in [3.8, 4) is 11.5 Å². The number of nitrogens with one attached hydrogen (secondary N) is 1. The first-order valence-electron chi connectivity index (χ1n) is 7.28. The molecule has 1 N–H and O–H groups in total. The zero-order chi connectivity index (χ0) is 15.0. The van der Waals surface area contributed by atoms with E-state index in [1.54, 1.807) is 0 Å². The van der Waals surface area contributed by atoms with Crippen molar-refractivity contribution < 1.29 is 9.47 Å². The van der Waals surface area contributed by atoms with Crippen LogP contribution in [0.2, 0.25) is 0 Å². The maximum absolute atomic E-state index is 5.77. The van der Waals surface area contributed by atoms with E-state index in [0.717, 1.165) is 29.3 Å². The molecule has 2 aromatic rings. The highest BCUT2D eigenvalue weighted by Crippen LogP contribution is 2.41. The summed E-state index contributed by atoms with van der Waals surface area (Å²) in [7, 11) is 0. The summed E-state index contributed by atoms with van der Waals surface area (Å²) in [5, 5.41) is 7.77. The molecule has 0 fully saturated rings. The Morgan fingerprint density at radius 1 is 1.29 bits per heavy atom. The van der Waals surface area contributed by atoms with Crippen LogP contribution in [0.15, 0.2) is 30.6 Å². The average Bonchev–Trinajstić information content (AvgIpc) is 3.00. The van der Waals surface area contributed by atoms with Crippen LogP contribution in [0.4, 0.5) is 5.69 Å². The molecule has 0 bridgehead atoms. The number of nitrogens with zero attached hydrogens (tertiary/aromatic N) is 2. The van der Waals surface area contributed by atoms with Crippen LogP contribution in [-0.4, -0.2) is 15.6 Å². The number of fused-ring (bicyclic) bond motifs is 1. The molecule has 1 aliphatic rings. The summed E-state index contributed by atoms with van der Waals surface area (Å²) < 4.78 is 13.4. The molecule has 1 unspecified atom stereocenters. The van der Waals surface area contributed by atoms with Crippen molar-refractivity contribution in [2.24, 2.45) is 0 Å². The fraction of sp³-hybridized carbons (Fsp3) is 0.438. The quantitative estimate of drug-likeness (QED) is 0.933. The Morgan fingerprint density at radius 2 is 2.05 bits per heavy atom. The average molecular weight is 287 g/mol. The monoisotopic (exact) mass is 287 g/mol. The lowest BCUT2D eigenvalue weighted by Gasteiger charge is -2.16. The van der Waals surface area contributed by atoms with Crippen molar-refractivity contribution in [3.63, 3.8) is 0 Å². The van der Waals surface area contributed by atoms with Crippen LogP contribution in [0.25, 0.3) is 0 Å². The maximum atomic E-state index is 5.77. The van der Waals surface area contributed by atoms with Gasteiger partial charge in [-0.3, -0.25) is 4.68 Å². The minimum atomic E-state index is -0.588. The number of hydrogen-bond acceptors (Lipinski definition) is 4. The lowest BCUT2D eigenvalue weighted by atomic mass is 10.1. The molecule has 0 saturated heterocycles. The Hall–Kier alpha value is -2.17. The summed E-state index contributed by atoms with van der Waals surface area (Å²) in [6.07, 6.45) is 3.96. The zero-order valence-electron chi connectivity index (χ0n) is 12.9. The van der Waals surface area contributed by atoms with E-state index in [9.17, 15) is 0 Å². The largest absolute Gasteiger partial charge is 0.449 e. The van der Waals surface area contributed by atoms with E-state index < -0.39 is 5.79 Å². The fourth-order valence-corrected chi connectivity index (χ4v) is 2.42. The first kappa shape index (κ1) is 13.8. The van der Waals surface area contributed by atoms with E-state index in [2.05, 4.69) is 30.5 Å². The van der Waals surface area contributed by atoms with Gasteiger partial charge in [0.05, 0.1) is 12.2 Å². The molecule has 0 spiro atoms. The molecular formula is C16H21N3O2. The SMILES string of the molecule is CCn1cc(C(C)Nc2ccc3c(c2)OC(C)(C)O3)cn1. The number of benzene rings is 1. The fourth-order valence-electron chi connectivity index (χ4n) is 2.42. The minimum Gasteiger partial charge on any atom is -0.449 e. The normalized spacial score (nSPS) is 16.8. The van der Waals surface area contributed by atoms with Crippen LogP contribution in [0.3, 0.4) is 0 Å². The highest BCUT2D eigenvalue weighted by molar-refractivity contribution is 5.56. The first-order chi connectivity index (χ1) is 9.97. The van der Waals surface area contributed by atoms with Gasteiger partial charge in [0.2, 0.25) is 5.79 Å². The molecule has 1 atom stereocenters. The van der Waals surface area contributed by atoms with E-state index in [4.69, 9.17) is 9.47 Å². The molecule has 0 aliphatic carbocycles. The van der Waals surface area contributed by atoms with Gasteiger partial charge in [-0.05, 0) is 26.0 Å². The van der Waals surface area contributed by atoms with Gasteiger partial charge in [0, 0.05) is 43.9 Å². The third-order valence-corrected chi connectivity index (χ3v) is 3.52. The van der Waals surface area contributed by atoms with E-state index in [1.165, 1.54) is 0 Å². The predicted molar refractivity (Wildman–Crippen MR) is 81.7 cm³/mol. The van der Waals surface area contributed by atoms with Gasteiger partial charge in [-0.2, -0.15) is 5.10 Å². The molecular weight excluding hydrogens is 266 g/mol. The summed E-state index contributed by atoms with van der Waals surface area (Å²) >= 11 is 0. The molecule has 1 aromatic carbocycles. The predicted octanol–water partition coefficient (Wildman–Crippen LogP) is 3.58. The van der Waals surface area contributed by atoms with Gasteiger partial charge in [-0.25, -0.2) is 0 Å². The van der Waals surface area contributed by atoms with Gasteiger partial charge < -0.3 is 14.8 Å². The maximum Gasteiger partial charge on any atom is 0.246 e. The van der Waals surface area contributed by atoms with Crippen LogP contribution in [0.5, 0.6) is 11.5 Å². The summed E-state index contributed by atoms with van der Waals surface area (Å²) in [6.45, 7) is 8.88. The van der Waals surface area contributed by atoms with Crippen molar-refractivity contribution in [3.05, 3.63) is 36.2 Å². The molecule has 21 heavy (non-hydrogen) atoms. The third-order valence-electron chi connectivity index (χ3n) is 3.52. The number of aromatic nitrogens is 2. The van der Waals surface area contributed by atoms with Crippen molar-refractivity contribution in [2.45, 2.75) is 46.1 Å². The second-order valence-electron chi connectivity index (χ2n) is 5.76. The minimum absolute atomic E-state index is 0.179. The second kappa shape index (κ2) is 4.98. The van der Waals surface area contributed by atoms with Gasteiger partial charge in [-0.15, -0.1) is 0 Å². The van der Waals surface area contributed by atoms with E-state index in [1.807, 2.05) is 42.9 Å². The second-order valence-corrected chi connectivity index (χ2v) is 5.76. The summed E-state index contributed by atoms with van der Waals surface area (Å²) in [5.74, 6) is 0.980. The Labute approximate surface area is 124 Å². The van der Waals surface area contributed by atoms with Crippen molar-refractivity contribution in [2.75, 3.05) is 5.32 Å². The lowest BCUT2D eigenvalue weighted by molar-refractivity contribution is -0.0431. The third kappa shape index (κ3) is 2.82. The van der Waals surface area contributed by atoms with Crippen LogP contribution in [0.1, 0.15) is 39.3 Å². The number of ether oxygens (including phenoxy) is 2. The van der Waals surface area contributed by atoms with E-state index in [-0.39, 0.29) is 6.04 Å². The number of hydrogen-bond donors (Lipinski definition) is 1. The van der Waals surface area contributed by atoms with Gasteiger partial charge in [0.15, 0.2) is 11.5 Å². The van der Waals surface area contributed by atoms with Crippen LogP contribution >= 0.6 is 0 Å². The smallest absolute Gasteiger partial charge is 0.246 e. The Morgan fingerprint density at radius 3 is 2.76 bits per heavy atom. The van der Waals surface area contributed by atoms with Gasteiger partial charge in [-0.1, -0.05) is 0 Å². The first-order valence-corrected chi connectivity index (χ1v) is 7.28. The zero-order valence-corrected chi connectivity index (χ0v) is 12.9. The molecule has 0 amide bonds. The standard InChI is InChI=1S/C16H21N3O2/c1-5-19-10-12(9-17-19)11(2)18-13-6-7-14-15(8-13)21-16(3,4)20-14/h6-11,18H,5H2,1-4H3. The van der Waals surface area contributed by atoms with Crippen molar-refractivity contribution >= 4 is 5.69 Å².